The number of nitrogens with one attached hydrogen (secondary N) is 2. The van der Waals surface area contributed by atoms with Gasteiger partial charge in [-0.1, -0.05) is 48.2 Å². The molecule has 0 radical (unpaired) electrons. The van der Waals surface area contributed by atoms with Gasteiger partial charge in [0.25, 0.3) is 0 Å². The summed E-state index contributed by atoms with van der Waals surface area (Å²) in [6, 6.07) is 14.1. The molecule has 3 aromatic carbocycles. The molecule has 0 amide bonds. The molecule has 2 heterocycles. The maximum atomic E-state index is 13.7. The second-order valence-corrected chi connectivity index (χ2v) is 9.37. The number of fused-ring (bicyclic) bond motifs is 1. The van der Waals surface area contributed by atoms with Crippen LogP contribution in [0.15, 0.2) is 65.7 Å². The quantitative estimate of drug-likeness (QED) is 0.338. The van der Waals surface area contributed by atoms with E-state index in [1.165, 1.54) is 23.0 Å². The summed E-state index contributed by atoms with van der Waals surface area (Å²) in [5, 5.41) is 35.2. The molecule has 2 aliphatic rings. The Kier molecular flexibility index (Phi) is 6.62. The molecule has 0 aromatic heterocycles. The van der Waals surface area contributed by atoms with Crippen LogP contribution in [0.2, 0.25) is 0 Å². The van der Waals surface area contributed by atoms with Crippen molar-refractivity contribution in [3.8, 4) is 0 Å². The van der Waals surface area contributed by atoms with Crippen molar-refractivity contribution in [2.45, 2.75) is 34.7 Å². The summed E-state index contributed by atoms with van der Waals surface area (Å²) in [5.41, 5.74) is 4.79. The van der Waals surface area contributed by atoms with Crippen molar-refractivity contribution in [2.75, 3.05) is 6.61 Å². The van der Waals surface area contributed by atoms with Crippen molar-refractivity contribution in [3.63, 3.8) is 0 Å². The van der Waals surface area contributed by atoms with Crippen LogP contribution in [0.3, 0.4) is 0 Å². The van der Waals surface area contributed by atoms with Gasteiger partial charge in [-0.15, -0.1) is 5.53 Å². The molecule has 5 rings (SSSR count). The van der Waals surface area contributed by atoms with Crippen molar-refractivity contribution < 1.29 is 33.2 Å². The number of hydrazine groups is 2. The molecule has 5 atom stereocenters. The lowest BCUT2D eigenvalue weighted by Crippen LogP contribution is -2.65. The molecule has 0 spiro atoms. The Morgan fingerprint density at radius 2 is 1.69 bits per heavy atom. The van der Waals surface area contributed by atoms with E-state index >= 15 is 0 Å². The van der Waals surface area contributed by atoms with E-state index in [1.54, 1.807) is 0 Å². The molecule has 11 heteroatoms. The summed E-state index contributed by atoms with van der Waals surface area (Å²) < 4.78 is 46.6. The van der Waals surface area contributed by atoms with Crippen LogP contribution < -0.4 is 11.0 Å². The molecule has 7 nitrogen and oxygen atoms in total. The third-order valence-electron chi connectivity index (χ3n) is 6.05. The molecule has 184 valence electrons. The highest BCUT2D eigenvalue weighted by Crippen LogP contribution is 2.38. The van der Waals surface area contributed by atoms with Gasteiger partial charge in [0.2, 0.25) is 0 Å². The maximum Gasteiger partial charge on any atom is 0.194 e. The zero-order chi connectivity index (χ0) is 24.7. The van der Waals surface area contributed by atoms with Gasteiger partial charge >= 0.3 is 0 Å². The number of halogens is 3. The second kappa shape index (κ2) is 9.69. The lowest BCUT2D eigenvalue weighted by Gasteiger charge is -2.45. The van der Waals surface area contributed by atoms with Crippen molar-refractivity contribution in [2.24, 2.45) is 0 Å². The molecule has 0 aliphatic carbocycles. The summed E-state index contributed by atoms with van der Waals surface area (Å²) in [6.07, 6.45) is -2.17. The Hall–Kier alpha value is -2.80. The highest BCUT2D eigenvalue weighted by molar-refractivity contribution is 8.00. The second-order valence-electron chi connectivity index (χ2n) is 8.23. The minimum absolute atomic E-state index is 0.0211. The van der Waals surface area contributed by atoms with E-state index in [1.807, 2.05) is 42.5 Å². The van der Waals surface area contributed by atoms with E-state index in [0.717, 1.165) is 27.8 Å². The first kappa shape index (κ1) is 23.9. The standard InChI is InChI=1S/C24H22F3N3O4S/c25-15-8-13(9-16(26)20(15)27)17-10-30(29-28-17)21-22(32)18(11-31)34-24(23(21)33)35-19-7-3-5-12-4-1-2-6-14(12)19/h1-10,18,21-24,28-29,31-33H,11H2/t18?,21?,22-,23?,24+/m0/s1. The third kappa shape index (κ3) is 4.46. The molecule has 1 fully saturated rings. The van der Waals surface area contributed by atoms with Gasteiger partial charge in [-0.25, -0.2) is 13.2 Å². The van der Waals surface area contributed by atoms with Crippen LogP contribution in [0.5, 0.6) is 0 Å². The predicted molar refractivity (Wildman–Crippen MR) is 124 cm³/mol. The largest absolute Gasteiger partial charge is 0.394 e. The van der Waals surface area contributed by atoms with Crippen molar-refractivity contribution >= 4 is 28.2 Å². The summed E-state index contributed by atoms with van der Waals surface area (Å²) >= 11 is 1.26. The van der Waals surface area contributed by atoms with Crippen LogP contribution in [-0.4, -0.2) is 56.7 Å². The molecule has 0 bridgehead atoms. The van der Waals surface area contributed by atoms with Crippen molar-refractivity contribution in [1.82, 2.24) is 16.0 Å². The first-order valence-corrected chi connectivity index (χ1v) is 11.7. The third-order valence-corrected chi connectivity index (χ3v) is 7.28. The molecule has 5 N–H and O–H groups in total. The lowest BCUT2D eigenvalue weighted by molar-refractivity contribution is -0.189. The fourth-order valence-corrected chi connectivity index (χ4v) is 5.48. The van der Waals surface area contributed by atoms with E-state index in [4.69, 9.17) is 4.74 Å². The molecule has 3 aromatic rings. The fourth-order valence-electron chi connectivity index (χ4n) is 4.26. The average Bonchev–Trinajstić information content (AvgIpc) is 3.34. The van der Waals surface area contributed by atoms with E-state index in [-0.39, 0.29) is 11.3 Å². The first-order valence-electron chi connectivity index (χ1n) is 10.8. The zero-order valence-electron chi connectivity index (χ0n) is 18.1. The van der Waals surface area contributed by atoms with Gasteiger partial charge < -0.3 is 25.5 Å². The summed E-state index contributed by atoms with van der Waals surface area (Å²) in [7, 11) is 0. The smallest absolute Gasteiger partial charge is 0.194 e. The number of hydrogen-bond donors (Lipinski definition) is 5. The van der Waals surface area contributed by atoms with Gasteiger partial charge in [-0.05, 0) is 29.0 Å². The van der Waals surface area contributed by atoms with E-state index in [2.05, 4.69) is 11.0 Å². The number of aliphatic hydroxyl groups is 3. The van der Waals surface area contributed by atoms with Gasteiger partial charge in [0.1, 0.15) is 29.8 Å². The van der Waals surface area contributed by atoms with E-state index < -0.39 is 53.8 Å². The summed E-state index contributed by atoms with van der Waals surface area (Å²) in [5.74, 6) is -4.27. The monoisotopic (exact) mass is 505 g/mol. The van der Waals surface area contributed by atoms with Gasteiger partial charge in [-0.3, -0.25) is 5.01 Å². The number of hydrogen-bond acceptors (Lipinski definition) is 8. The summed E-state index contributed by atoms with van der Waals surface area (Å²) in [6.45, 7) is -0.497. The van der Waals surface area contributed by atoms with Crippen LogP contribution in [0, 0.1) is 17.5 Å². The number of nitrogens with zero attached hydrogens (tertiary/aromatic N) is 1. The Bertz CT molecular complexity index is 1250. The predicted octanol–water partition coefficient (Wildman–Crippen LogP) is 2.48. The SMILES string of the molecule is OCC1O[C@H](Sc2cccc3ccccc23)C(O)C(N2C=C(c3cc(F)c(F)c(F)c3)NN2)[C@H]1O. The fraction of sp³-hybridized carbons (Fsp3) is 0.250. The molecular formula is C24H22F3N3O4S. The first-order chi connectivity index (χ1) is 16.9. The Morgan fingerprint density at radius 3 is 2.43 bits per heavy atom. The van der Waals surface area contributed by atoms with E-state index in [0.29, 0.717) is 0 Å². The van der Waals surface area contributed by atoms with Crippen molar-refractivity contribution in [3.05, 3.63) is 83.8 Å². The number of ether oxygens (including phenoxy) is 1. The van der Waals surface area contributed by atoms with Crippen LogP contribution >= 0.6 is 11.8 Å². The van der Waals surface area contributed by atoms with Gasteiger partial charge in [-0.2, -0.15) is 0 Å². The zero-order valence-corrected chi connectivity index (χ0v) is 18.9. The van der Waals surface area contributed by atoms with Gasteiger partial charge in [0, 0.05) is 16.7 Å². The number of thioether (sulfide) groups is 1. The van der Waals surface area contributed by atoms with Crippen LogP contribution in [0.4, 0.5) is 13.2 Å². The Balaban J connectivity index is 1.43. The minimum Gasteiger partial charge on any atom is -0.394 e. The molecule has 35 heavy (non-hydrogen) atoms. The topological polar surface area (TPSA) is 97.2 Å². The Morgan fingerprint density at radius 1 is 0.971 bits per heavy atom. The Labute approximate surface area is 202 Å². The summed E-state index contributed by atoms with van der Waals surface area (Å²) in [4.78, 5) is 0.847. The number of rotatable bonds is 5. The van der Waals surface area contributed by atoms with Gasteiger partial charge in [0.15, 0.2) is 17.5 Å². The highest BCUT2D eigenvalue weighted by Gasteiger charge is 2.48. The van der Waals surface area contributed by atoms with Crippen molar-refractivity contribution in [1.29, 1.82) is 0 Å². The molecule has 3 unspecified atom stereocenters. The van der Waals surface area contributed by atoms with E-state index in [9.17, 15) is 28.5 Å². The average molecular weight is 506 g/mol. The normalized spacial score (nSPS) is 26.6. The lowest BCUT2D eigenvalue weighted by atomic mass is 9.97. The number of aliphatic hydroxyl groups excluding tert-OH is 3. The van der Waals surface area contributed by atoms with Crippen LogP contribution in [0.25, 0.3) is 16.5 Å². The molecule has 1 saturated heterocycles. The highest BCUT2D eigenvalue weighted by atomic mass is 32.2. The minimum atomic E-state index is -1.58. The molecule has 0 saturated carbocycles. The maximum absolute atomic E-state index is 13.7. The van der Waals surface area contributed by atoms with Crippen LogP contribution in [0.1, 0.15) is 5.56 Å². The van der Waals surface area contributed by atoms with Gasteiger partial charge in [0.05, 0.1) is 12.3 Å². The van der Waals surface area contributed by atoms with Crippen LogP contribution in [-0.2, 0) is 4.74 Å². The molecular weight excluding hydrogens is 483 g/mol. The molecule has 2 aliphatic heterocycles. The number of benzene rings is 3.